The number of allylic oxidation sites excluding steroid dienone is 6. The molecule has 0 aromatic heterocycles. The second kappa shape index (κ2) is 24.2. The van der Waals surface area contributed by atoms with Gasteiger partial charge in [0, 0.05) is 31.5 Å². The van der Waals surface area contributed by atoms with Crippen LogP contribution in [0.4, 0.5) is 0 Å². The minimum atomic E-state index is -0.947. The molecule has 0 rings (SSSR count). The third-order valence-electron chi connectivity index (χ3n) is 3.50. The smallest absolute Gasteiger partial charge is 0.328 e. The van der Waals surface area contributed by atoms with Crippen molar-refractivity contribution in [2.24, 2.45) is 5.92 Å². The van der Waals surface area contributed by atoms with Crippen LogP contribution in [-0.2, 0) is 9.59 Å². The van der Waals surface area contributed by atoms with Gasteiger partial charge in [0.05, 0.1) is 0 Å². The number of hydrogen-bond acceptors (Lipinski definition) is 2. The van der Waals surface area contributed by atoms with Gasteiger partial charge in [-0.25, -0.2) is 4.79 Å². The summed E-state index contributed by atoms with van der Waals surface area (Å²) in [5.74, 6) is 14.6. The molecule has 0 aliphatic heterocycles. The molecule has 0 bridgehead atoms. The maximum Gasteiger partial charge on any atom is 0.328 e. The fourth-order valence-electron chi connectivity index (χ4n) is 1.65. The van der Waals surface area contributed by atoms with E-state index in [0.29, 0.717) is 12.3 Å². The third kappa shape index (κ3) is 28.4. The van der Waals surface area contributed by atoms with Gasteiger partial charge in [0.1, 0.15) is 0 Å². The van der Waals surface area contributed by atoms with Gasteiger partial charge in [0.15, 0.2) is 0 Å². The number of terminal acetylenes is 2. The van der Waals surface area contributed by atoms with Gasteiger partial charge in [0.25, 0.3) is 0 Å². The minimum absolute atomic E-state index is 0.0490. The number of carbonyl (C=O) groups is 2. The first-order valence-electron chi connectivity index (χ1n) is 10.0. The van der Waals surface area contributed by atoms with Crippen LogP contribution in [-0.4, -0.2) is 23.5 Å². The van der Waals surface area contributed by atoms with Crippen molar-refractivity contribution in [3.63, 3.8) is 0 Å². The largest absolute Gasteiger partial charge is 0.478 e. The number of rotatable bonds is 11. The molecule has 4 nitrogen and oxygen atoms in total. The molecule has 1 amide bonds. The first kappa shape index (κ1) is 29.3. The molecule has 0 fully saturated rings. The molecule has 0 aliphatic rings. The lowest BCUT2D eigenvalue weighted by molar-refractivity contribution is -0.131. The molecule has 1 atom stereocenters. The van der Waals surface area contributed by atoms with Crippen molar-refractivity contribution >= 4 is 11.9 Å². The van der Waals surface area contributed by atoms with Gasteiger partial charge >= 0.3 is 5.97 Å². The molecule has 1 unspecified atom stereocenters. The standard InChI is InChI=1S/C16H21NO.C11H10O2/c1-4-6-7-8-9-10-11-12-13-16(18)17-14-15(3)5-2;1-2-3-4-5-6-7-8-9-10-11(12)13/h1,10-13,15H,5,8-9,14H2,2-3H3,(H,17,18);1,7-10H,5-6H2,(H,12,13)/b11-10+,13-12+;8-7+,10-9+. The number of unbranched alkanes of at least 4 members (excludes halogenated alkanes) is 2. The zero-order valence-corrected chi connectivity index (χ0v) is 18.4. The highest BCUT2D eigenvalue weighted by atomic mass is 16.4. The van der Waals surface area contributed by atoms with E-state index >= 15 is 0 Å². The topological polar surface area (TPSA) is 66.4 Å². The van der Waals surface area contributed by atoms with E-state index in [2.05, 4.69) is 54.7 Å². The lowest BCUT2D eigenvalue weighted by Gasteiger charge is -2.07. The molecular weight excluding hydrogens is 386 g/mol. The second-order valence-corrected chi connectivity index (χ2v) is 6.14. The highest BCUT2D eigenvalue weighted by molar-refractivity contribution is 5.87. The zero-order valence-electron chi connectivity index (χ0n) is 18.4. The summed E-state index contributed by atoms with van der Waals surface area (Å²) in [7, 11) is 0. The van der Waals surface area contributed by atoms with Crippen LogP contribution >= 0.6 is 0 Å². The van der Waals surface area contributed by atoms with Crippen molar-refractivity contribution in [3.05, 3.63) is 48.6 Å². The van der Waals surface area contributed by atoms with Crippen LogP contribution in [0.1, 0.15) is 46.0 Å². The van der Waals surface area contributed by atoms with E-state index < -0.39 is 5.97 Å². The molecule has 0 radical (unpaired) electrons. The molecule has 2 N–H and O–H groups in total. The van der Waals surface area contributed by atoms with E-state index in [1.165, 1.54) is 12.2 Å². The summed E-state index contributed by atoms with van der Waals surface area (Å²) >= 11 is 0. The zero-order chi connectivity index (χ0) is 23.6. The maximum absolute atomic E-state index is 11.4. The van der Waals surface area contributed by atoms with E-state index in [1.807, 2.05) is 18.2 Å². The van der Waals surface area contributed by atoms with Gasteiger partial charge in [-0.2, -0.15) is 0 Å². The van der Waals surface area contributed by atoms with Gasteiger partial charge in [-0.1, -0.05) is 68.6 Å². The summed E-state index contributed by atoms with van der Waals surface area (Å²) in [6, 6.07) is 0. The van der Waals surface area contributed by atoms with Crippen LogP contribution in [0.25, 0.3) is 0 Å². The Kier molecular flexibility index (Phi) is 22.9. The number of hydrogen-bond donors (Lipinski definition) is 2. The molecular formula is C27H31NO3. The molecule has 0 aromatic carbocycles. The van der Waals surface area contributed by atoms with Crippen LogP contribution in [0.2, 0.25) is 0 Å². The van der Waals surface area contributed by atoms with Gasteiger partial charge in [0.2, 0.25) is 5.91 Å². The Hall–Kier alpha value is -3.86. The SMILES string of the molecule is C#CC#CCC/C=C/C=C/C(=O)NCC(C)CC.C#CC#CCC/C=C/C=C/C(=O)O. The number of carboxylic acids is 1. The summed E-state index contributed by atoms with van der Waals surface area (Å²) < 4.78 is 0. The van der Waals surface area contributed by atoms with Crippen LogP contribution in [0.15, 0.2) is 48.6 Å². The average molecular weight is 418 g/mol. The third-order valence-corrected chi connectivity index (χ3v) is 3.50. The van der Waals surface area contributed by atoms with Crippen LogP contribution in [0.3, 0.4) is 0 Å². The Morgan fingerprint density at radius 1 is 0.935 bits per heavy atom. The Morgan fingerprint density at radius 3 is 1.90 bits per heavy atom. The predicted octanol–water partition coefficient (Wildman–Crippen LogP) is 4.28. The van der Waals surface area contributed by atoms with E-state index in [4.69, 9.17) is 18.0 Å². The van der Waals surface area contributed by atoms with Crippen LogP contribution in [0.5, 0.6) is 0 Å². The molecule has 0 aromatic rings. The number of carbonyl (C=O) groups excluding carboxylic acids is 1. The highest BCUT2D eigenvalue weighted by Gasteiger charge is 1.99. The number of carboxylic acid groups (broad SMARTS) is 1. The second-order valence-electron chi connectivity index (χ2n) is 6.14. The number of amides is 1. The molecule has 0 spiro atoms. The molecule has 162 valence electrons. The van der Waals surface area contributed by atoms with Gasteiger partial charge in [-0.05, 0) is 42.4 Å². The van der Waals surface area contributed by atoms with Crippen molar-refractivity contribution in [2.45, 2.75) is 46.0 Å². The highest BCUT2D eigenvalue weighted by Crippen LogP contribution is 1.97. The van der Waals surface area contributed by atoms with Gasteiger partial charge in [-0.3, -0.25) is 4.79 Å². The molecule has 0 heterocycles. The van der Waals surface area contributed by atoms with Crippen LogP contribution < -0.4 is 5.32 Å². The van der Waals surface area contributed by atoms with Crippen molar-refractivity contribution < 1.29 is 14.7 Å². The lowest BCUT2D eigenvalue weighted by Crippen LogP contribution is -2.26. The molecule has 0 aliphatic carbocycles. The Bertz CT molecular complexity index is 837. The summed E-state index contributed by atoms with van der Waals surface area (Å²) in [5, 5.41) is 11.1. The molecule has 31 heavy (non-hydrogen) atoms. The van der Waals surface area contributed by atoms with Crippen molar-refractivity contribution in [1.82, 2.24) is 5.32 Å². The Morgan fingerprint density at radius 2 is 1.45 bits per heavy atom. The summed E-state index contributed by atoms with van der Waals surface area (Å²) in [4.78, 5) is 21.4. The molecule has 0 saturated heterocycles. The van der Waals surface area contributed by atoms with E-state index in [0.717, 1.165) is 38.3 Å². The first-order valence-corrected chi connectivity index (χ1v) is 10.0. The Labute approximate surface area is 187 Å². The maximum atomic E-state index is 11.4. The molecule has 0 saturated carbocycles. The Balaban J connectivity index is 0. The lowest BCUT2D eigenvalue weighted by atomic mass is 10.1. The first-order chi connectivity index (χ1) is 15.0. The van der Waals surface area contributed by atoms with E-state index in [9.17, 15) is 9.59 Å². The molecule has 4 heteroatoms. The summed E-state index contributed by atoms with van der Waals surface area (Å²) in [6.45, 7) is 4.95. The number of aliphatic carboxylic acids is 1. The summed E-state index contributed by atoms with van der Waals surface area (Å²) in [6.07, 6.45) is 27.2. The predicted molar refractivity (Wildman–Crippen MR) is 128 cm³/mol. The quantitative estimate of drug-likeness (QED) is 0.228. The average Bonchev–Trinajstić information content (AvgIpc) is 2.76. The van der Waals surface area contributed by atoms with Crippen molar-refractivity contribution in [2.75, 3.05) is 6.54 Å². The van der Waals surface area contributed by atoms with Crippen molar-refractivity contribution in [1.29, 1.82) is 0 Å². The van der Waals surface area contributed by atoms with Crippen LogP contribution in [0, 0.1) is 54.3 Å². The summed E-state index contributed by atoms with van der Waals surface area (Å²) in [5.41, 5.74) is 0. The van der Waals surface area contributed by atoms with Gasteiger partial charge < -0.3 is 10.4 Å². The van der Waals surface area contributed by atoms with Gasteiger partial charge in [-0.15, -0.1) is 12.8 Å². The minimum Gasteiger partial charge on any atom is -0.478 e. The fourth-order valence-corrected chi connectivity index (χ4v) is 1.65. The monoisotopic (exact) mass is 417 g/mol. The van der Waals surface area contributed by atoms with E-state index in [1.54, 1.807) is 12.2 Å². The number of nitrogens with one attached hydrogen (secondary N) is 1. The fraction of sp³-hybridized carbons (Fsp3) is 0.333. The normalized spacial score (nSPS) is 10.8. The van der Waals surface area contributed by atoms with Crippen molar-refractivity contribution in [3.8, 4) is 48.4 Å². The van der Waals surface area contributed by atoms with E-state index in [-0.39, 0.29) is 5.91 Å².